The Hall–Kier alpha value is -2.56. The highest BCUT2D eigenvalue weighted by Crippen LogP contribution is 2.35. The van der Waals surface area contributed by atoms with Crippen LogP contribution in [0.5, 0.6) is 11.5 Å². The number of aromatic nitrogens is 2. The van der Waals surface area contributed by atoms with E-state index in [0.29, 0.717) is 28.4 Å². The third-order valence-corrected chi connectivity index (χ3v) is 3.11. The number of para-hydroxylation sites is 1. The number of aromatic amines is 1. The van der Waals surface area contributed by atoms with E-state index in [9.17, 15) is 4.39 Å². The number of imidazole rings is 1. The van der Waals surface area contributed by atoms with E-state index < -0.39 is 0 Å². The van der Waals surface area contributed by atoms with Crippen molar-refractivity contribution in [3.05, 3.63) is 42.2 Å². The largest absolute Gasteiger partial charge is 0.454 e. The predicted octanol–water partition coefficient (Wildman–Crippen LogP) is 3.10. The number of hydrogen-bond donors (Lipinski definition) is 1. The average Bonchev–Trinajstić information content (AvgIpc) is 3.04. The van der Waals surface area contributed by atoms with Crippen LogP contribution in [0.3, 0.4) is 0 Å². The first kappa shape index (κ1) is 10.4. The van der Waals surface area contributed by atoms with Crippen LogP contribution in [0.2, 0.25) is 0 Å². The van der Waals surface area contributed by atoms with Crippen LogP contribution in [-0.4, -0.2) is 16.8 Å². The van der Waals surface area contributed by atoms with Gasteiger partial charge in [0, 0.05) is 5.56 Å². The fourth-order valence-corrected chi connectivity index (χ4v) is 2.18. The molecule has 4 nitrogen and oxygen atoms in total. The molecule has 3 aromatic rings. The van der Waals surface area contributed by atoms with E-state index in [1.165, 1.54) is 6.07 Å². The first-order valence-corrected chi connectivity index (χ1v) is 5.85. The molecule has 0 bridgehead atoms. The van der Waals surface area contributed by atoms with Crippen LogP contribution in [0.1, 0.15) is 0 Å². The maximum Gasteiger partial charge on any atom is 0.231 e. The smallest absolute Gasteiger partial charge is 0.231 e. The van der Waals surface area contributed by atoms with Gasteiger partial charge in [0.1, 0.15) is 11.3 Å². The van der Waals surface area contributed by atoms with Crippen LogP contribution in [0.25, 0.3) is 22.4 Å². The third-order valence-electron chi connectivity index (χ3n) is 3.11. The van der Waals surface area contributed by atoms with Crippen LogP contribution < -0.4 is 9.47 Å². The summed E-state index contributed by atoms with van der Waals surface area (Å²) in [6, 6.07) is 10.4. The van der Waals surface area contributed by atoms with Gasteiger partial charge in [0.2, 0.25) is 6.79 Å². The van der Waals surface area contributed by atoms with Gasteiger partial charge >= 0.3 is 0 Å². The lowest BCUT2D eigenvalue weighted by molar-refractivity contribution is 0.174. The molecular formula is C14H9FN2O2. The summed E-state index contributed by atoms with van der Waals surface area (Å²) in [7, 11) is 0. The molecule has 4 rings (SSSR count). The highest BCUT2D eigenvalue weighted by atomic mass is 19.1. The van der Waals surface area contributed by atoms with Gasteiger partial charge in [0.05, 0.1) is 5.52 Å². The fraction of sp³-hybridized carbons (Fsp3) is 0.0714. The van der Waals surface area contributed by atoms with Crippen molar-refractivity contribution in [1.29, 1.82) is 0 Å². The Bertz CT molecular complexity index is 782. The van der Waals surface area contributed by atoms with Crippen molar-refractivity contribution in [3.8, 4) is 22.9 Å². The third kappa shape index (κ3) is 1.55. The molecule has 0 aliphatic carbocycles. The summed E-state index contributed by atoms with van der Waals surface area (Å²) < 4.78 is 24.2. The number of hydrogen-bond acceptors (Lipinski definition) is 3. The molecule has 2 heterocycles. The molecule has 0 amide bonds. The monoisotopic (exact) mass is 256 g/mol. The van der Waals surface area contributed by atoms with Gasteiger partial charge in [-0.15, -0.1) is 0 Å². The maximum absolute atomic E-state index is 13.6. The first-order chi connectivity index (χ1) is 9.31. The van der Waals surface area contributed by atoms with Gasteiger partial charge < -0.3 is 14.5 Å². The van der Waals surface area contributed by atoms with Gasteiger partial charge in [-0.2, -0.15) is 0 Å². The van der Waals surface area contributed by atoms with Crippen molar-refractivity contribution in [2.24, 2.45) is 0 Å². The number of benzene rings is 2. The minimum Gasteiger partial charge on any atom is -0.454 e. The summed E-state index contributed by atoms with van der Waals surface area (Å²) >= 11 is 0. The maximum atomic E-state index is 13.6. The van der Waals surface area contributed by atoms with E-state index in [1.807, 2.05) is 18.2 Å². The molecule has 0 fully saturated rings. The van der Waals surface area contributed by atoms with E-state index in [0.717, 1.165) is 5.56 Å². The molecule has 0 saturated heterocycles. The molecule has 2 aromatic carbocycles. The van der Waals surface area contributed by atoms with Crippen LogP contribution in [0.4, 0.5) is 4.39 Å². The number of nitrogens with zero attached hydrogens (tertiary/aromatic N) is 1. The zero-order valence-electron chi connectivity index (χ0n) is 9.81. The molecule has 1 aliphatic rings. The molecule has 0 radical (unpaired) electrons. The van der Waals surface area contributed by atoms with Gasteiger partial charge in [-0.1, -0.05) is 6.07 Å². The minimum absolute atomic E-state index is 0.230. The second-order valence-electron chi connectivity index (χ2n) is 4.29. The Kier molecular flexibility index (Phi) is 2.03. The predicted molar refractivity (Wildman–Crippen MR) is 67.6 cm³/mol. The van der Waals surface area contributed by atoms with Crippen molar-refractivity contribution in [3.63, 3.8) is 0 Å². The van der Waals surface area contributed by atoms with Crippen LogP contribution in [0, 0.1) is 5.82 Å². The van der Waals surface area contributed by atoms with Crippen molar-refractivity contribution in [1.82, 2.24) is 9.97 Å². The fourth-order valence-electron chi connectivity index (χ4n) is 2.18. The Morgan fingerprint density at radius 3 is 2.89 bits per heavy atom. The zero-order chi connectivity index (χ0) is 12.8. The standard InChI is InChI=1S/C14H9FN2O2/c15-9-2-1-3-10-13(9)17-14(16-10)8-4-5-11-12(6-8)19-7-18-11/h1-6H,7H2,(H,16,17). The Balaban J connectivity index is 1.88. The quantitative estimate of drug-likeness (QED) is 0.727. The average molecular weight is 256 g/mol. The molecule has 5 heteroatoms. The Morgan fingerprint density at radius 2 is 2.00 bits per heavy atom. The van der Waals surface area contributed by atoms with Gasteiger partial charge in [-0.25, -0.2) is 9.37 Å². The molecular weight excluding hydrogens is 247 g/mol. The topological polar surface area (TPSA) is 47.1 Å². The molecule has 1 aromatic heterocycles. The zero-order valence-corrected chi connectivity index (χ0v) is 9.81. The van der Waals surface area contributed by atoms with Gasteiger partial charge in [0.25, 0.3) is 0 Å². The van der Waals surface area contributed by atoms with Gasteiger partial charge in [-0.05, 0) is 30.3 Å². The molecule has 0 unspecified atom stereocenters. The lowest BCUT2D eigenvalue weighted by Crippen LogP contribution is -1.92. The lowest BCUT2D eigenvalue weighted by atomic mass is 10.2. The number of ether oxygens (including phenoxy) is 2. The lowest BCUT2D eigenvalue weighted by Gasteiger charge is -1.99. The molecule has 0 spiro atoms. The van der Waals surface area contributed by atoms with E-state index >= 15 is 0 Å². The SMILES string of the molecule is Fc1cccc2[nH]c(-c3ccc4c(c3)OCO4)nc12. The molecule has 0 atom stereocenters. The first-order valence-electron chi connectivity index (χ1n) is 5.85. The second-order valence-corrected chi connectivity index (χ2v) is 4.29. The van der Waals surface area contributed by atoms with E-state index in [-0.39, 0.29) is 12.6 Å². The molecule has 19 heavy (non-hydrogen) atoms. The Morgan fingerprint density at radius 1 is 1.11 bits per heavy atom. The van der Waals surface area contributed by atoms with Crippen LogP contribution in [-0.2, 0) is 0 Å². The number of halogens is 1. The summed E-state index contributed by atoms with van der Waals surface area (Å²) in [6.07, 6.45) is 0. The van der Waals surface area contributed by atoms with Crippen molar-refractivity contribution < 1.29 is 13.9 Å². The summed E-state index contributed by atoms with van der Waals surface area (Å²) in [6.45, 7) is 0.230. The molecule has 0 saturated carbocycles. The van der Waals surface area contributed by atoms with E-state index in [2.05, 4.69) is 9.97 Å². The number of rotatable bonds is 1. The number of fused-ring (bicyclic) bond motifs is 2. The summed E-state index contributed by atoms with van der Waals surface area (Å²) in [5, 5.41) is 0. The number of H-pyrrole nitrogens is 1. The molecule has 1 aliphatic heterocycles. The summed E-state index contributed by atoms with van der Waals surface area (Å²) in [5.74, 6) is 1.67. The Labute approximate surface area is 107 Å². The highest BCUT2D eigenvalue weighted by Gasteiger charge is 2.15. The van der Waals surface area contributed by atoms with E-state index in [4.69, 9.17) is 9.47 Å². The minimum atomic E-state index is -0.333. The summed E-state index contributed by atoms with van der Waals surface area (Å²) in [5.41, 5.74) is 1.85. The highest BCUT2D eigenvalue weighted by molar-refractivity contribution is 5.80. The second kappa shape index (κ2) is 3.71. The van der Waals surface area contributed by atoms with Gasteiger partial charge in [0.15, 0.2) is 17.3 Å². The van der Waals surface area contributed by atoms with Crippen molar-refractivity contribution >= 4 is 11.0 Å². The van der Waals surface area contributed by atoms with Crippen molar-refractivity contribution in [2.45, 2.75) is 0 Å². The van der Waals surface area contributed by atoms with Crippen LogP contribution >= 0.6 is 0 Å². The van der Waals surface area contributed by atoms with Gasteiger partial charge in [-0.3, -0.25) is 0 Å². The van der Waals surface area contributed by atoms with Crippen molar-refractivity contribution in [2.75, 3.05) is 6.79 Å². The molecule has 94 valence electrons. The number of nitrogens with one attached hydrogen (secondary N) is 1. The van der Waals surface area contributed by atoms with E-state index in [1.54, 1.807) is 12.1 Å². The summed E-state index contributed by atoms with van der Waals surface area (Å²) in [4.78, 5) is 7.38. The molecule has 1 N–H and O–H groups in total. The normalized spacial score (nSPS) is 13.1. The van der Waals surface area contributed by atoms with Crippen LogP contribution in [0.15, 0.2) is 36.4 Å².